The highest BCUT2D eigenvalue weighted by Gasteiger charge is 2.25. The van der Waals surface area contributed by atoms with Crippen LogP contribution in [-0.4, -0.2) is 36.6 Å². The summed E-state index contributed by atoms with van der Waals surface area (Å²) in [5.74, 6) is -0.0641. The smallest absolute Gasteiger partial charge is 0.255 e. The van der Waals surface area contributed by atoms with E-state index in [0.29, 0.717) is 36.0 Å². The van der Waals surface area contributed by atoms with Gasteiger partial charge in [0.1, 0.15) is 0 Å². The van der Waals surface area contributed by atoms with Crippen LogP contribution in [0.15, 0.2) is 18.2 Å². The minimum absolute atomic E-state index is 0.0641. The fourth-order valence-corrected chi connectivity index (χ4v) is 2.16. The first kappa shape index (κ1) is 12.2. The molecule has 0 bridgehead atoms. The van der Waals surface area contributed by atoms with E-state index in [4.69, 9.17) is 22.1 Å². The van der Waals surface area contributed by atoms with Crippen molar-refractivity contribution in [2.45, 2.75) is 13.0 Å². The van der Waals surface area contributed by atoms with Gasteiger partial charge in [0.05, 0.1) is 29.8 Å². The van der Waals surface area contributed by atoms with Crippen molar-refractivity contribution in [1.29, 1.82) is 0 Å². The number of amides is 1. The molecule has 1 fully saturated rings. The number of rotatable bonds is 1. The molecule has 1 amide bonds. The van der Waals surface area contributed by atoms with Gasteiger partial charge in [0.15, 0.2) is 0 Å². The number of benzene rings is 1. The van der Waals surface area contributed by atoms with Crippen LogP contribution < -0.4 is 5.73 Å². The molecule has 1 aromatic carbocycles. The first-order valence-electron chi connectivity index (χ1n) is 5.53. The van der Waals surface area contributed by atoms with E-state index in [9.17, 15) is 4.79 Å². The van der Waals surface area contributed by atoms with Gasteiger partial charge in [-0.05, 0) is 25.1 Å². The number of ether oxygens (including phenoxy) is 1. The third-order valence-electron chi connectivity index (χ3n) is 2.85. The first-order valence-corrected chi connectivity index (χ1v) is 5.91. The summed E-state index contributed by atoms with van der Waals surface area (Å²) in [6.07, 6.45) is 0. The zero-order valence-corrected chi connectivity index (χ0v) is 10.4. The lowest BCUT2D eigenvalue weighted by atomic mass is 10.1. The minimum Gasteiger partial charge on any atom is -0.399 e. The third kappa shape index (κ3) is 2.53. The maximum atomic E-state index is 12.3. The Kier molecular flexibility index (Phi) is 3.54. The second-order valence-electron chi connectivity index (χ2n) is 4.16. The molecular formula is C12H15ClN2O2. The van der Waals surface area contributed by atoms with E-state index in [1.807, 2.05) is 6.92 Å². The number of nitrogens with zero attached hydrogens (tertiary/aromatic N) is 1. The molecule has 0 radical (unpaired) electrons. The van der Waals surface area contributed by atoms with Crippen molar-refractivity contribution in [1.82, 2.24) is 4.90 Å². The predicted octanol–water partition coefficient (Wildman–Crippen LogP) is 1.78. The zero-order chi connectivity index (χ0) is 12.4. The number of carbonyl (C=O) groups excluding carboxylic acids is 1. The largest absolute Gasteiger partial charge is 0.399 e. The number of halogens is 1. The quantitative estimate of drug-likeness (QED) is 0.778. The van der Waals surface area contributed by atoms with Crippen molar-refractivity contribution in [2.75, 3.05) is 25.5 Å². The molecule has 17 heavy (non-hydrogen) atoms. The molecular weight excluding hydrogens is 240 g/mol. The van der Waals surface area contributed by atoms with Gasteiger partial charge in [-0.3, -0.25) is 4.79 Å². The summed E-state index contributed by atoms with van der Waals surface area (Å²) in [6.45, 7) is 3.70. The number of hydrogen-bond acceptors (Lipinski definition) is 3. The first-order chi connectivity index (χ1) is 8.09. The molecule has 1 saturated heterocycles. The van der Waals surface area contributed by atoms with Crippen molar-refractivity contribution in [3.8, 4) is 0 Å². The third-order valence-corrected chi connectivity index (χ3v) is 3.16. The van der Waals surface area contributed by atoms with Crippen molar-refractivity contribution in [3.63, 3.8) is 0 Å². The number of carbonyl (C=O) groups is 1. The molecule has 4 nitrogen and oxygen atoms in total. The summed E-state index contributed by atoms with van der Waals surface area (Å²) >= 11 is 6.03. The van der Waals surface area contributed by atoms with E-state index in [1.165, 1.54) is 0 Å². The molecule has 1 aliphatic heterocycles. The van der Waals surface area contributed by atoms with Crippen LogP contribution in [-0.2, 0) is 4.74 Å². The Morgan fingerprint density at radius 3 is 3.00 bits per heavy atom. The van der Waals surface area contributed by atoms with Gasteiger partial charge in [-0.1, -0.05) is 11.6 Å². The van der Waals surface area contributed by atoms with Crippen LogP contribution >= 0.6 is 11.6 Å². The number of morpholine rings is 1. The lowest BCUT2D eigenvalue weighted by Gasteiger charge is -2.33. The van der Waals surface area contributed by atoms with Gasteiger partial charge < -0.3 is 15.4 Å². The number of nitrogens with two attached hydrogens (primary N) is 1. The Hall–Kier alpha value is -1.26. The van der Waals surface area contributed by atoms with E-state index in [-0.39, 0.29) is 11.9 Å². The average molecular weight is 255 g/mol. The van der Waals surface area contributed by atoms with E-state index in [1.54, 1.807) is 23.1 Å². The van der Waals surface area contributed by atoms with Crippen molar-refractivity contribution < 1.29 is 9.53 Å². The molecule has 0 spiro atoms. The van der Waals surface area contributed by atoms with Crippen LogP contribution in [0, 0.1) is 0 Å². The summed E-state index contributed by atoms with van der Waals surface area (Å²) in [7, 11) is 0. The number of nitrogen functional groups attached to an aromatic ring is 1. The summed E-state index contributed by atoms with van der Waals surface area (Å²) < 4.78 is 5.30. The molecule has 1 aliphatic rings. The van der Waals surface area contributed by atoms with E-state index < -0.39 is 0 Å². The van der Waals surface area contributed by atoms with E-state index in [2.05, 4.69) is 0 Å². The minimum atomic E-state index is -0.0641. The molecule has 1 atom stereocenters. The highest BCUT2D eigenvalue weighted by atomic mass is 35.5. The topological polar surface area (TPSA) is 55.6 Å². The second kappa shape index (κ2) is 4.94. The SMILES string of the molecule is C[C@@H]1COCCN1C(=O)c1ccc(N)cc1Cl. The monoisotopic (exact) mass is 254 g/mol. The Morgan fingerprint density at radius 1 is 1.59 bits per heavy atom. The normalized spacial score (nSPS) is 20.4. The Bertz CT molecular complexity index is 437. The van der Waals surface area contributed by atoms with Gasteiger partial charge in [-0.15, -0.1) is 0 Å². The second-order valence-corrected chi connectivity index (χ2v) is 4.57. The molecule has 0 saturated carbocycles. The van der Waals surface area contributed by atoms with Crippen molar-refractivity contribution in [2.24, 2.45) is 0 Å². The van der Waals surface area contributed by atoms with Crippen molar-refractivity contribution >= 4 is 23.2 Å². The summed E-state index contributed by atoms with van der Waals surface area (Å²) in [5.41, 5.74) is 6.66. The van der Waals surface area contributed by atoms with Crippen LogP contribution in [0.3, 0.4) is 0 Å². The van der Waals surface area contributed by atoms with E-state index >= 15 is 0 Å². The van der Waals surface area contributed by atoms with Crippen LogP contribution in [0.2, 0.25) is 5.02 Å². The fraction of sp³-hybridized carbons (Fsp3) is 0.417. The van der Waals surface area contributed by atoms with Gasteiger partial charge in [-0.2, -0.15) is 0 Å². The van der Waals surface area contributed by atoms with Gasteiger partial charge >= 0.3 is 0 Å². The highest BCUT2D eigenvalue weighted by molar-refractivity contribution is 6.34. The average Bonchev–Trinajstić information content (AvgIpc) is 2.29. The number of anilines is 1. The standard InChI is InChI=1S/C12H15ClN2O2/c1-8-7-17-5-4-15(8)12(16)10-3-2-9(14)6-11(10)13/h2-3,6,8H,4-5,7,14H2,1H3/t8-/m1/s1. The Balaban J connectivity index is 2.24. The molecule has 1 aromatic rings. The van der Waals surface area contributed by atoms with Crippen LogP contribution in [0.1, 0.15) is 17.3 Å². The van der Waals surface area contributed by atoms with Gasteiger partial charge in [-0.25, -0.2) is 0 Å². The molecule has 0 unspecified atom stereocenters. The van der Waals surface area contributed by atoms with Gasteiger partial charge in [0.25, 0.3) is 5.91 Å². The molecule has 1 heterocycles. The van der Waals surface area contributed by atoms with E-state index in [0.717, 1.165) is 0 Å². The molecule has 92 valence electrons. The van der Waals surface area contributed by atoms with Crippen LogP contribution in [0.5, 0.6) is 0 Å². The molecule has 0 aromatic heterocycles. The molecule has 5 heteroatoms. The van der Waals surface area contributed by atoms with Gasteiger partial charge in [0.2, 0.25) is 0 Å². The van der Waals surface area contributed by atoms with Crippen LogP contribution in [0.4, 0.5) is 5.69 Å². The Morgan fingerprint density at radius 2 is 2.35 bits per heavy atom. The van der Waals surface area contributed by atoms with Crippen molar-refractivity contribution in [3.05, 3.63) is 28.8 Å². The van der Waals surface area contributed by atoms with Crippen LogP contribution in [0.25, 0.3) is 0 Å². The van der Waals surface area contributed by atoms with Gasteiger partial charge in [0, 0.05) is 12.2 Å². The zero-order valence-electron chi connectivity index (χ0n) is 9.65. The fourth-order valence-electron chi connectivity index (χ4n) is 1.89. The Labute approximate surface area is 105 Å². The summed E-state index contributed by atoms with van der Waals surface area (Å²) in [5, 5.41) is 0.397. The lowest BCUT2D eigenvalue weighted by molar-refractivity contribution is 0.00360. The number of hydrogen-bond donors (Lipinski definition) is 1. The highest BCUT2D eigenvalue weighted by Crippen LogP contribution is 2.22. The maximum Gasteiger partial charge on any atom is 0.255 e. The lowest BCUT2D eigenvalue weighted by Crippen LogP contribution is -2.47. The molecule has 2 rings (SSSR count). The molecule has 2 N–H and O–H groups in total. The molecule has 0 aliphatic carbocycles. The summed E-state index contributed by atoms with van der Waals surface area (Å²) in [6, 6.07) is 5.02. The summed E-state index contributed by atoms with van der Waals surface area (Å²) in [4.78, 5) is 14.1. The predicted molar refractivity (Wildman–Crippen MR) is 67.2 cm³/mol. The maximum absolute atomic E-state index is 12.3.